The number of aliphatic hydroxyl groups is 1. The van der Waals surface area contributed by atoms with E-state index in [4.69, 9.17) is 9.84 Å². The highest BCUT2D eigenvalue weighted by atomic mass is 19.2. The summed E-state index contributed by atoms with van der Waals surface area (Å²) >= 11 is 0. The van der Waals surface area contributed by atoms with Crippen LogP contribution in [0.15, 0.2) is 36.4 Å². The van der Waals surface area contributed by atoms with Crippen LogP contribution in [0.3, 0.4) is 0 Å². The van der Waals surface area contributed by atoms with Crippen LogP contribution in [0.1, 0.15) is 36.7 Å². The molecule has 0 saturated carbocycles. The standard InChI is InChI=1S/C18H18F2O3/c1-18(2,3)23-17(22)14-9-8-13(15(19)16(14)20)12-6-4-11(10-21)5-7-12/h4-9,21H,10H2,1-3H3. The van der Waals surface area contributed by atoms with E-state index < -0.39 is 28.8 Å². The zero-order valence-electron chi connectivity index (χ0n) is 13.2. The average Bonchev–Trinajstić information content (AvgIpc) is 2.48. The van der Waals surface area contributed by atoms with Crippen LogP contribution >= 0.6 is 0 Å². The Bertz CT molecular complexity index is 716. The van der Waals surface area contributed by atoms with Crippen LogP contribution in [-0.2, 0) is 11.3 Å². The van der Waals surface area contributed by atoms with E-state index in [-0.39, 0.29) is 12.2 Å². The lowest BCUT2D eigenvalue weighted by molar-refractivity contribution is 0.00637. The summed E-state index contributed by atoms with van der Waals surface area (Å²) in [5, 5.41) is 9.00. The molecule has 0 amide bonds. The lowest BCUT2D eigenvalue weighted by Gasteiger charge is -2.20. The van der Waals surface area contributed by atoms with Crippen LogP contribution in [0.4, 0.5) is 8.78 Å². The minimum Gasteiger partial charge on any atom is -0.456 e. The number of aliphatic hydroxyl groups excluding tert-OH is 1. The maximum atomic E-state index is 14.3. The van der Waals surface area contributed by atoms with Gasteiger partial charge >= 0.3 is 5.97 Å². The average molecular weight is 320 g/mol. The predicted octanol–water partition coefficient (Wildman–Crippen LogP) is 4.08. The number of hydrogen-bond acceptors (Lipinski definition) is 3. The van der Waals surface area contributed by atoms with Gasteiger partial charge in [0, 0.05) is 5.56 Å². The molecule has 0 aliphatic heterocycles. The first-order chi connectivity index (χ1) is 10.7. The van der Waals surface area contributed by atoms with Crippen LogP contribution in [-0.4, -0.2) is 16.7 Å². The SMILES string of the molecule is CC(C)(C)OC(=O)c1ccc(-c2ccc(CO)cc2)c(F)c1F. The molecule has 0 aromatic heterocycles. The zero-order chi connectivity index (χ0) is 17.2. The van der Waals surface area contributed by atoms with Crippen molar-refractivity contribution in [1.29, 1.82) is 0 Å². The van der Waals surface area contributed by atoms with Crippen molar-refractivity contribution in [3.05, 3.63) is 59.2 Å². The van der Waals surface area contributed by atoms with Crippen molar-refractivity contribution >= 4 is 5.97 Å². The largest absolute Gasteiger partial charge is 0.456 e. The van der Waals surface area contributed by atoms with Gasteiger partial charge in [-0.1, -0.05) is 30.3 Å². The normalized spacial score (nSPS) is 11.4. The summed E-state index contributed by atoms with van der Waals surface area (Å²) in [6, 6.07) is 8.95. The number of carbonyl (C=O) groups excluding carboxylic acids is 1. The Balaban J connectivity index is 2.38. The molecule has 3 nitrogen and oxygen atoms in total. The van der Waals surface area contributed by atoms with E-state index in [9.17, 15) is 13.6 Å². The summed E-state index contributed by atoms with van der Waals surface area (Å²) in [7, 11) is 0. The quantitative estimate of drug-likeness (QED) is 0.867. The minimum atomic E-state index is -1.23. The summed E-state index contributed by atoms with van der Waals surface area (Å²) in [5.74, 6) is -3.25. The van der Waals surface area contributed by atoms with Gasteiger partial charge in [0.25, 0.3) is 0 Å². The molecule has 0 saturated heterocycles. The van der Waals surface area contributed by atoms with Gasteiger partial charge < -0.3 is 9.84 Å². The molecule has 0 aliphatic rings. The Labute approximate surface area is 133 Å². The van der Waals surface area contributed by atoms with Gasteiger partial charge in [-0.05, 0) is 38.0 Å². The van der Waals surface area contributed by atoms with Crippen molar-refractivity contribution in [2.75, 3.05) is 0 Å². The summed E-state index contributed by atoms with van der Waals surface area (Å²) in [6.07, 6.45) is 0. The van der Waals surface area contributed by atoms with Gasteiger partial charge in [0.15, 0.2) is 11.6 Å². The third-order valence-corrected chi connectivity index (χ3v) is 3.15. The molecule has 0 radical (unpaired) electrons. The summed E-state index contributed by atoms with van der Waals surface area (Å²) in [5.41, 5.74) is -0.0690. The van der Waals surface area contributed by atoms with Crippen LogP contribution in [0, 0.1) is 11.6 Å². The molecule has 0 spiro atoms. The van der Waals surface area contributed by atoms with Crippen molar-refractivity contribution in [2.24, 2.45) is 0 Å². The molecular weight excluding hydrogens is 302 g/mol. The molecule has 2 aromatic rings. The molecule has 23 heavy (non-hydrogen) atoms. The third-order valence-electron chi connectivity index (χ3n) is 3.15. The number of rotatable bonds is 3. The van der Waals surface area contributed by atoms with Gasteiger partial charge in [-0.15, -0.1) is 0 Å². The topological polar surface area (TPSA) is 46.5 Å². The highest BCUT2D eigenvalue weighted by molar-refractivity contribution is 5.90. The van der Waals surface area contributed by atoms with Crippen LogP contribution in [0.2, 0.25) is 0 Å². The van der Waals surface area contributed by atoms with E-state index in [1.54, 1.807) is 45.0 Å². The molecule has 0 unspecified atom stereocenters. The van der Waals surface area contributed by atoms with Gasteiger partial charge in [0.05, 0.1) is 12.2 Å². The highest BCUT2D eigenvalue weighted by Crippen LogP contribution is 2.27. The van der Waals surface area contributed by atoms with E-state index in [1.165, 1.54) is 12.1 Å². The van der Waals surface area contributed by atoms with Crippen LogP contribution < -0.4 is 0 Å². The van der Waals surface area contributed by atoms with Crippen molar-refractivity contribution in [3.63, 3.8) is 0 Å². The van der Waals surface area contributed by atoms with Crippen molar-refractivity contribution < 1.29 is 23.4 Å². The van der Waals surface area contributed by atoms with E-state index in [0.29, 0.717) is 11.1 Å². The first-order valence-corrected chi connectivity index (χ1v) is 7.14. The molecule has 2 aromatic carbocycles. The molecule has 0 fully saturated rings. The second-order valence-corrected chi connectivity index (χ2v) is 6.15. The Morgan fingerprint density at radius 1 is 1.04 bits per heavy atom. The van der Waals surface area contributed by atoms with Gasteiger partial charge in [-0.2, -0.15) is 0 Å². The van der Waals surface area contributed by atoms with Crippen molar-refractivity contribution in [3.8, 4) is 11.1 Å². The molecule has 0 heterocycles. The summed E-state index contributed by atoms with van der Waals surface area (Å²) in [6.45, 7) is 4.82. The third kappa shape index (κ3) is 3.93. The van der Waals surface area contributed by atoms with Gasteiger partial charge in [-0.3, -0.25) is 0 Å². The van der Waals surface area contributed by atoms with E-state index in [0.717, 1.165) is 0 Å². The number of esters is 1. The molecule has 1 N–H and O–H groups in total. The van der Waals surface area contributed by atoms with E-state index in [1.807, 2.05) is 0 Å². The second kappa shape index (κ2) is 6.46. The molecule has 0 aliphatic carbocycles. The Kier molecular flexibility index (Phi) is 4.80. The van der Waals surface area contributed by atoms with Crippen LogP contribution in [0.25, 0.3) is 11.1 Å². The molecule has 122 valence electrons. The lowest BCUT2D eigenvalue weighted by Crippen LogP contribution is -2.24. The number of halogens is 2. The Morgan fingerprint density at radius 3 is 2.17 bits per heavy atom. The fraction of sp³-hybridized carbons (Fsp3) is 0.278. The lowest BCUT2D eigenvalue weighted by atomic mass is 10.0. The van der Waals surface area contributed by atoms with Crippen molar-refractivity contribution in [2.45, 2.75) is 33.0 Å². The predicted molar refractivity (Wildman–Crippen MR) is 82.9 cm³/mol. The number of benzene rings is 2. The summed E-state index contributed by atoms with van der Waals surface area (Å²) < 4.78 is 33.6. The number of hydrogen-bond donors (Lipinski definition) is 1. The monoisotopic (exact) mass is 320 g/mol. The Hall–Kier alpha value is -2.27. The van der Waals surface area contributed by atoms with E-state index >= 15 is 0 Å². The fourth-order valence-corrected chi connectivity index (χ4v) is 2.05. The first kappa shape index (κ1) is 17.1. The van der Waals surface area contributed by atoms with E-state index in [2.05, 4.69) is 0 Å². The van der Waals surface area contributed by atoms with Crippen LogP contribution in [0.5, 0.6) is 0 Å². The second-order valence-electron chi connectivity index (χ2n) is 6.15. The Morgan fingerprint density at radius 2 is 1.65 bits per heavy atom. The minimum absolute atomic E-state index is 0.0410. The molecular formula is C18H18F2O3. The highest BCUT2D eigenvalue weighted by Gasteiger charge is 2.24. The maximum Gasteiger partial charge on any atom is 0.341 e. The summed E-state index contributed by atoms with van der Waals surface area (Å²) in [4.78, 5) is 11.9. The molecule has 0 atom stereocenters. The first-order valence-electron chi connectivity index (χ1n) is 7.14. The zero-order valence-corrected chi connectivity index (χ0v) is 13.2. The van der Waals surface area contributed by atoms with Gasteiger partial charge in [-0.25, -0.2) is 13.6 Å². The van der Waals surface area contributed by atoms with Crippen molar-refractivity contribution in [1.82, 2.24) is 0 Å². The van der Waals surface area contributed by atoms with Gasteiger partial charge in [0.1, 0.15) is 5.60 Å². The number of carbonyl (C=O) groups is 1. The fourth-order valence-electron chi connectivity index (χ4n) is 2.05. The molecule has 0 bridgehead atoms. The molecule has 2 rings (SSSR count). The number of ether oxygens (including phenoxy) is 1. The maximum absolute atomic E-state index is 14.3. The smallest absolute Gasteiger partial charge is 0.341 e. The van der Waals surface area contributed by atoms with Gasteiger partial charge in [0.2, 0.25) is 0 Å². The molecule has 5 heteroatoms.